The number of carboxylic acids is 1. The molecule has 0 radical (unpaired) electrons. The van der Waals surface area contributed by atoms with Crippen molar-refractivity contribution in [2.24, 2.45) is 0 Å². The topological polar surface area (TPSA) is 69.6 Å². The molecule has 2 amide bonds. The quantitative estimate of drug-likeness (QED) is 0.897. The molecule has 0 bridgehead atoms. The second kappa shape index (κ2) is 6.74. The van der Waals surface area contributed by atoms with Gasteiger partial charge in [0.25, 0.3) is 0 Å². The average molecular weight is 296 g/mol. The Labute approximate surface area is 122 Å². The minimum Gasteiger partial charge on any atom is -0.481 e. The second-order valence-electron chi connectivity index (χ2n) is 5.17. The summed E-state index contributed by atoms with van der Waals surface area (Å²) in [7, 11) is 0. The maximum atomic E-state index is 12.3. The number of carboxylic acid groups (broad SMARTS) is 1. The van der Waals surface area contributed by atoms with Gasteiger partial charge >= 0.3 is 12.0 Å². The van der Waals surface area contributed by atoms with Crippen LogP contribution in [0.3, 0.4) is 0 Å². The first-order valence-corrected chi connectivity index (χ1v) is 7.83. The van der Waals surface area contributed by atoms with Crippen molar-refractivity contribution in [3.05, 3.63) is 22.4 Å². The Morgan fingerprint density at radius 1 is 1.55 bits per heavy atom. The van der Waals surface area contributed by atoms with Crippen molar-refractivity contribution in [3.63, 3.8) is 0 Å². The lowest BCUT2D eigenvalue weighted by molar-refractivity contribution is -0.138. The molecule has 0 aliphatic carbocycles. The molecular weight excluding hydrogens is 276 g/mol. The van der Waals surface area contributed by atoms with Gasteiger partial charge in [-0.05, 0) is 48.6 Å². The van der Waals surface area contributed by atoms with Gasteiger partial charge in [0.1, 0.15) is 0 Å². The Morgan fingerprint density at radius 3 is 3.00 bits per heavy atom. The van der Waals surface area contributed by atoms with Gasteiger partial charge in [-0.25, -0.2) is 4.79 Å². The maximum Gasteiger partial charge on any atom is 0.318 e. The third-order valence-corrected chi connectivity index (χ3v) is 4.38. The van der Waals surface area contributed by atoms with Crippen LogP contribution >= 0.6 is 11.3 Å². The first kappa shape index (κ1) is 14.8. The van der Waals surface area contributed by atoms with Gasteiger partial charge in [-0.3, -0.25) is 4.79 Å². The summed E-state index contributed by atoms with van der Waals surface area (Å²) in [5, 5.41) is 15.9. The number of piperidine rings is 1. The summed E-state index contributed by atoms with van der Waals surface area (Å²) < 4.78 is 0. The SMILES string of the molecule is CC(NC(=O)N1CCCCC1CC(=O)O)c1ccsc1. The highest BCUT2D eigenvalue weighted by Crippen LogP contribution is 2.21. The first-order chi connectivity index (χ1) is 9.58. The molecule has 2 rings (SSSR count). The summed E-state index contributed by atoms with van der Waals surface area (Å²) in [5.41, 5.74) is 1.08. The maximum absolute atomic E-state index is 12.3. The number of likely N-dealkylation sites (tertiary alicyclic amines) is 1. The minimum atomic E-state index is -0.847. The molecule has 1 saturated heterocycles. The second-order valence-corrected chi connectivity index (χ2v) is 5.95. The molecule has 0 spiro atoms. The fourth-order valence-corrected chi connectivity index (χ4v) is 3.31. The lowest BCUT2D eigenvalue weighted by atomic mass is 10.00. The molecule has 0 saturated carbocycles. The van der Waals surface area contributed by atoms with E-state index in [1.807, 2.05) is 23.8 Å². The van der Waals surface area contributed by atoms with Crippen LogP contribution in [0.15, 0.2) is 16.8 Å². The number of rotatable bonds is 4. The molecule has 1 fully saturated rings. The van der Waals surface area contributed by atoms with Crippen LogP contribution in [0.5, 0.6) is 0 Å². The van der Waals surface area contributed by atoms with E-state index in [-0.39, 0.29) is 24.5 Å². The normalized spacial score (nSPS) is 20.4. The van der Waals surface area contributed by atoms with Gasteiger partial charge in [0.05, 0.1) is 12.5 Å². The van der Waals surface area contributed by atoms with E-state index in [2.05, 4.69) is 5.32 Å². The van der Waals surface area contributed by atoms with Gasteiger partial charge in [0.15, 0.2) is 0 Å². The molecule has 110 valence electrons. The third kappa shape index (κ3) is 3.72. The van der Waals surface area contributed by atoms with Crippen LogP contribution in [-0.4, -0.2) is 34.6 Å². The van der Waals surface area contributed by atoms with Crippen LogP contribution in [0.25, 0.3) is 0 Å². The Hall–Kier alpha value is -1.56. The summed E-state index contributed by atoms with van der Waals surface area (Å²) >= 11 is 1.60. The van der Waals surface area contributed by atoms with Crippen LogP contribution in [0.2, 0.25) is 0 Å². The van der Waals surface area contributed by atoms with Gasteiger partial charge in [-0.2, -0.15) is 11.3 Å². The van der Waals surface area contributed by atoms with Crippen molar-refractivity contribution < 1.29 is 14.7 Å². The zero-order valence-corrected chi connectivity index (χ0v) is 12.4. The van der Waals surface area contributed by atoms with Crippen LogP contribution in [0.4, 0.5) is 4.79 Å². The predicted octanol–water partition coefficient (Wildman–Crippen LogP) is 2.85. The Bertz CT molecular complexity index is 461. The van der Waals surface area contributed by atoms with E-state index in [1.54, 1.807) is 16.2 Å². The number of carbonyl (C=O) groups excluding carboxylic acids is 1. The van der Waals surface area contributed by atoms with E-state index < -0.39 is 5.97 Å². The van der Waals surface area contributed by atoms with Gasteiger partial charge in [0.2, 0.25) is 0 Å². The monoisotopic (exact) mass is 296 g/mol. The number of hydrogen-bond donors (Lipinski definition) is 2. The van der Waals surface area contributed by atoms with Crippen molar-refractivity contribution in [1.82, 2.24) is 10.2 Å². The number of nitrogens with zero attached hydrogens (tertiary/aromatic N) is 1. The highest BCUT2D eigenvalue weighted by atomic mass is 32.1. The molecule has 2 unspecified atom stereocenters. The van der Waals surface area contributed by atoms with Crippen molar-refractivity contribution >= 4 is 23.3 Å². The van der Waals surface area contributed by atoms with Gasteiger partial charge in [-0.15, -0.1) is 0 Å². The smallest absolute Gasteiger partial charge is 0.318 e. The fraction of sp³-hybridized carbons (Fsp3) is 0.571. The highest BCUT2D eigenvalue weighted by molar-refractivity contribution is 7.07. The fourth-order valence-electron chi connectivity index (χ4n) is 2.55. The number of amides is 2. The summed E-state index contributed by atoms with van der Waals surface area (Å²) in [5.74, 6) is -0.847. The lowest BCUT2D eigenvalue weighted by Crippen LogP contribution is -2.49. The van der Waals surface area contributed by atoms with Crippen molar-refractivity contribution in [2.75, 3.05) is 6.54 Å². The van der Waals surface area contributed by atoms with E-state index in [9.17, 15) is 9.59 Å². The molecule has 5 nitrogen and oxygen atoms in total. The molecule has 6 heteroatoms. The molecular formula is C14H20N2O3S. The lowest BCUT2D eigenvalue weighted by Gasteiger charge is -2.35. The molecule has 1 aliphatic rings. The van der Waals surface area contributed by atoms with E-state index >= 15 is 0 Å². The number of urea groups is 1. The van der Waals surface area contributed by atoms with Gasteiger partial charge in [0, 0.05) is 12.6 Å². The van der Waals surface area contributed by atoms with Crippen molar-refractivity contribution in [2.45, 2.75) is 44.7 Å². The zero-order valence-electron chi connectivity index (χ0n) is 11.5. The molecule has 1 aromatic heterocycles. The number of hydrogen-bond acceptors (Lipinski definition) is 3. The summed E-state index contributed by atoms with van der Waals surface area (Å²) in [6, 6.07) is 1.59. The predicted molar refractivity (Wildman–Crippen MR) is 77.9 cm³/mol. The van der Waals surface area contributed by atoms with E-state index in [0.29, 0.717) is 6.54 Å². The molecule has 2 N–H and O–H groups in total. The van der Waals surface area contributed by atoms with Crippen LogP contribution in [-0.2, 0) is 4.79 Å². The third-order valence-electron chi connectivity index (χ3n) is 3.68. The molecule has 2 atom stereocenters. The van der Waals surface area contributed by atoms with E-state index in [4.69, 9.17) is 5.11 Å². The zero-order chi connectivity index (χ0) is 14.5. The van der Waals surface area contributed by atoms with Crippen molar-refractivity contribution in [1.29, 1.82) is 0 Å². The number of aliphatic carboxylic acids is 1. The Morgan fingerprint density at radius 2 is 2.35 bits per heavy atom. The van der Waals surface area contributed by atoms with Gasteiger partial charge in [-0.1, -0.05) is 0 Å². The molecule has 1 aromatic rings. The van der Waals surface area contributed by atoms with Crippen molar-refractivity contribution in [3.8, 4) is 0 Å². The van der Waals surface area contributed by atoms with Crippen LogP contribution in [0, 0.1) is 0 Å². The van der Waals surface area contributed by atoms with E-state index in [0.717, 1.165) is 24.8 Å². The van der Waals surface area contributed by atoms with Crippen LogP contribution in [0.1, 0.15) is 44.2 Å². The van der Waals surface area contributed by atoms with Gasteiger partial charge < -0.3 is 15.3 Å². The average Bonchev–Trinajstić information content (AvgIpc) is 2.92. The van der Waals surface area contributed by atoms with Crippen LogP contribution < -0.4 is 5.32 Å². The largest absolute Gasteiger partial charge is 0.481 e. The number of thiophene rings is 1. The Kier molecular flexibility index (Phi) is 5.00. The standard InChI is InChI=1S/C14H20N2O3S/c1-10(11-5-7-20-9-11)15-14(19)16-6-3-2-4-12(16)8-13(17)18/h5,7,9-10,12H,2-4,6,8H2,1H3,(H,15,19)(H,17,18). The summed E-state index contributed by atoms with van der Waals surface area (Å²) in [6.45, 7) is 2.58. The minimum absolute atomic E-state index is 0.0280. The highest BCUT2D eigenvalue weighted by Gasteiger charge is 2.29. The Balaban J connectivity index is 1.97. The molecule has 2 heterocycles. The molecule has 20 heavy (non-hydrogen) atoms. The molecule has 1 aliphatic heterocycles. The number of carbonyl (C=O) groups is 2. The van der Waals surface area contributed by atoms with E-state index in [1.165, 1.54) is 0 Å². The molecule has 0 aromatic carbocycles. The first-order valence-electron chi connectivity index (χ1n) is 6.89. The number of nitrogens with one attached hydrogen (secondary N) is 1. The summed E-state index contributed by atoms with van der Waals surface area (Å²) in [4.78, 5) is 24.9. The summed E-state index contributed by atoms with van der Waals surface area (Å²) in [6.07, 6.45) is 2.73.